The average molecular weight is 530 g/mol. The van der Waals surface area contributed by atoms with Crippen LogP contribution >= 0.6 is 0 Å². The standard InChI is InChI=1S/C29H31N5O5/c1-29(2,26(37)33-23(16-25(35)36)21-9-6-13-30-18-21)27(38)34-14-12-20-10-11-22(15-24(20)34)32-28(39)31-17-19-7-4-3-5-8-19/h3-11,13,15,18,23H,12,14,16-17H2,1-2H3,(H,33,37)(H,35,36)(H2,31,32,39). The van der Waals surface area contributed by atoms with Crippen LogP contribution < -0.4 is 20.9 Å². The van der Waals surface area contributed by atoms with Gasteiger partial charge in [-0.05, 0) is 55.2 Å². The van der Waals surface area contributed by atoms with Crippen molar-refractivity contribution in [3.8, 4) is 0 Å². The number of carbonyl (C=O) groups is 4. The summed E-state index contributed by atoms with van der Waals surface area (Å²) in [4.78, 5) is 56.4. The molecule has 39 heavy (non-hydrogen) atoms. The number of urea groups is 1. The molecule has 4 rings (SSSR count). The second-order valence-electron chi connectivity index (χ2n) is 9.88. The SMILES string of the molecule is CC(C)(C(=O)NC(CC(=O)O)c1cccnc1)C(=O)N1CCc2ccc(NC(=O)NCc3ccccc3)cc21. The minimum Gasteiger partial charge on any atom is -0.481 e. The quantitative estimate of drug-likeness (QED) is 0.312. The van der Waals surface area contributed by atoms with E-state index in [9.17, 15) is 24.3 Å². The first-order valence-corrected chi connectivity index (χ1v) is 12.6. The molecule has 0 bridgehead atoms. The largest absolute Gasteiger partial charge is 0.481 e. The highest BCUT2D eigenvalue weighted by molar-refractivity contribution is 6.12. The van der Waals surface area contributed by atoms with Crippen molar-refractivity contribution in [3.63, 3.8) is 0 Å². The smallest absolute Gasteiger partial charge is 0.319 e. The van der Waals surface area contributed by atoms with Gasteiger partial charge >= 0.3 is 12.0 Å². The number of hydrogen-bond donors (Lipinski definition) is 4. The number of nitrogens with one attached hydrogen (secondary N) is 3. The van der Waals surface area contributed by atoms with Crippen molar-refractivity contribution < 1.29 is 24.3 Å². The zero-order chi connectivity index (χ0) is 28.0. The Labute approximate surface area is 226 Å². The fourth-order valence-corrected chi connectivity index (χ4v) is 4.40. The summed E-state index contributed by atoms with van der Waals surface area (Å²) in [5.41, 5.74) is 2.07. The normalized spacial score (nSPS) is 13.2. The number of carboxylic acids is 1. The lowest BCUT2D eigenvalue weighted by Crippen LogP contribution is -2.50. The summed E-state index contributed by atoms with van der Waals surface area (Å²) >= 11 is 0. The highest BCUT2D eigenvalue weighted by Gasteiger charge is 2.42. The maximum Gasteiger partial charge on any atom is 0.319 e. The fraction of sp³-hybridized carbons (Fsp3) is 0.276. The fourth-order valence-electron chi connectivity index (χ4n) is 4.40. The molecule has 0 radical (unpaired) electrons. The first-order valence-electron chi connectivity index (χ1n) is 12.6. The van der Waals surface area contributed by atoms with Crippen LogP contribution in [0, 0.1) is 5.41 Å². The molecular weight excluding hydrogens is 498 g/mol. The van der Waals surface area contributed by atoms with E-state index in [4.69, 9.17) is 0 Å². The van der Waals surface area contributed by atoms with Crippen molar-refractivity contribution in [2.45, 2.75) is 39.3 Å². The van der Waals surface area contributed by atoms with Crippen LogP contribution in [0.2, 0.25) is 0 Å². The van der Waals surface area contributed by atoms with Gasteiger partial charge < -0.3 is 26.0 Å². The number of carbonyl (C=O) groups excluding carboxylic acids is 3. The maximum atomic E-state index is 13.6. The average Bonchev–Trinajstić information content (AvgIpc) is 3.35. The molecule has 0 aliphatic carbocycles. The van der Waals surface area contributed by atoms with E-state index in [-0.39, 0.29) is 12.5 Å². The molecule has 1 aliphatic heterocycles. The number of aromatic nitrogens is 1. The van der Waals surface area contributed by atoms with Crippen molar-refractivity contribution >= 4 is 35.2 Å². The lowest BCUT2D eigenvalue weighted by Gasteiger charge is -2.30. The molecule has 1 aliphatic rings. The van der Waals surface area contributed by atoms with Crippen LogP contribution in [0.5, 0.6) is 0 Å². The van der Waals surface area contributed by atoms with Gasteiger partial charge in [-0.3, -0.25) is 19.4 Å². The first kappa shape index (κ1) is 27.3. The predicted octanol–water partition coefficient (Wildman–Crippen LogP) is 3.65. The summed E-state index contributed by atoms with van der Waals surface area (Å²) in [6.45, 7) is 3.79. The highest BCUT2D eigenvalue weighted by Crippen LogP contribution is 2.34. The topological polar surface area (TPSA) is 141 Å². The van der Waals surface area contributed by atoms with Crippen LogP contribution in [0.15, 0.2) is 73.1 Å². The number of rotatable bonds is 9. The molecule has 2 heterocycles. The monoisotopic (exact) mass is 529 g/mol. The van der Waals surface area contributed by atoms with Gasteiger partial charge in [0.25, 0.3) is 0 Å². The van der Waals surface area contributed by atoms with Gasteiger partial charge in [0.15, 0.2) is 0 Å². The molecular formula is C29H31N5O5. The molecule has 4 amide bonds. The Morgan fingerprint density at radius 2 is 1.82 bits per heavy atom. The first-order chi connectivity index (χ1) is 18.6. The summed E-state index contributed by atoms with van der Waals surface area (Å²) in [7, 11) is 0. The predicted molar refractivity (Wildman–Crippen MR) is 146 cm³/mol. The van der Waals surface area contributed by atoms with Crippen molar-refractivity contribution in [1.29, 1.82) is 0 Å². The Morgan fingerprint density at radius 3 is 2.51 bits per heavy atom. The van der Waals surface area contributed by atoms with Crippen LogP contribution in [-0.4, -0.2) is 40.5 Å². The molecule has 1 unspecified atom stereocenters. The molecule has 0 saturated carbocycles. The molecule has 202 valence electrons. The molecule has 10 heteroatoms. The van der Waals surface area contributed by atoms with E-state index >= 15 is 0 Å². The number of amides is 4. The summed E-state index contributed by atoms with van der Waals surface area (Å²) in [5.74, 6) is -2.11. The zero-order valence-corrected chi connectivity index (χ0v) is 21.8. The second kappa shape index (κ2) is 11.8. The minimum absolute atomic E-state index is 0.352. The number of hydrogen-bond acceptors (Lipinski definition) is 5. The van der Waals surface area contributed by atoms with E-state index in [0.717, 1.165) is 11.1 Å². The van der Waals surface area contributed by atoms with Crippen LogP contribution in [0.25, 0.3) is 0 Å². The van der Waals surface area contributed by atoms with Crippen LogP contribution in [0.1, 0.15) is 43.0 Å². The highest BCUT2D eigenvalue weighted by atomic mass is 16.4. The Hall–Kier alpha value is -4.73. The summed E-state index contributed by atoms with van der Waals surface area (Å²) < 4.78 is 0. The van der Waals surface area contributed by atoms with Gasteiger partial charge in [0.05, 0.1) is 12.5 Å². The number of pyridine rings is 1. The van der Waals surface area contributed by atoms with Crippen molar-refractivity contribution in [3.05, 3.63) is 89.7 Å². The molecule has 2 aromatic carbocycles. The lowest BCUT2D eigenvalue weighted by molar-refractivity contribution is -0.140. The number of anilines is 2. The second-order valence-corrected chi connectivity index (χ2v) is 9.88. The molecule has 1 atom stereocenters. The van der Waals surface area contributed by atoms with Crippen molar-refractivity contribution in [1.82, 2.24) is 15.6 Å². The van der Waals surface area contributed by atoms with E-state index in [2.05, 4.69) is 20.9 Å². The Morgan fingerprint density at radius 1 is 1.05 bits per heavy atom. The van der Waals surface area contributed by atoms with Gasteiger partial charge in [-0.15, -0.1) is 0 Å². The number of aliphatic carboxylic acids is 1. The molecule has 0 fully saturated rings. The van der Waals surface area contributed by atoms with E-state index in [1.54, 1.807) is 30.5 Å². The third-order valence-electron chi connectivity index (χ3n) is 6.65. The van der Waals surface area contributed by atoms with Crippen molar-refractivity contribution in [2.75, 3.05) is 16.8 Å². The van der Waals surface area contributed by atoms with Gasteiger partial charge in [0, 0.05) is 36.9 Å². The minimum atomic E-state index is -1.49. The summed E-state index contributed by atoms with van der Waals surface area (Å²) in [6, 6.07) is 17.0. The van der Waals surface area contributed by atoms with Crippen LogP contribution in [0.4, 0.5) is 16.2 Å². The molecule has 10 nitrogen and oxygen atoms in total. The van der Waals surface area contributed by atoms with Gasteiger partial charge in [0.2, 0.25) is 11.8 Å². The van der Waals surface area contributed by atoms with E-state index in [0.29, 0.717) is 36.4 Å². The van der Waals surface area contributed by atoms with Gasteiger partial charge in [-0.2, -0.15) is 0 Å². The maximum absolute atomic E-state index is 13.6. The number of nitrogens with zero attached hydrogens (tertiary/aromatic N) is 2. The van der Waals surface area contributed by atoms with Gasteiger partial charge in [-0.1, -0.05) is 42.5 Å². The lowest BCUT2D eigenvalue weighted by atomic mass is 9.89. The van der Waals surface area contributed by atoms with Crippen molar-refractivity contribution in [2.24, 2.45) is 5.41 Å². The van der Waals surface area contributed by atoms with Gasteiger partial charge in [0.1, 0.15) is 5.41 Å². The molecule has 0 spiro atoms. The Kier molecular flexibility index (Phi) is 8.24. The Balaban J connectivity index is 1.45. The van der Waals surface area contributed by atoms with E-state index < -0.39 is 29.2 Å². The van der Waals surface area contributed by atoms with E-state index in [1.165, 1.54) is 24.9 Å². The molecule has 4 N–H and O–H groups in total. The third kappa shape index (κ3) is 6.59. The molecule has 0 saturated heterocycles. The van der Waals surface area contributed by atoms with Gasteiger partial charge in [-0.25, -0.2) is 4.79 Å². The molecule has 1 aromatic heterocycles. The number of benzene rings is 2. The van der Waals surface area contributed by atoms with E-state index in [1.807, 2.05) is 36.4 Å². The number of carboxylic acid groups (broad SMARTS) is 1. The third-order valence-corrected chi connectivity index (χ3v) is 6.65. The number of fused-ring (bicyclic) bond motifs is 1. The summed E-state index contributed by atoms with van der Waals surface area (Å²) in [6.07, 6.45) is 3.30. The Bertz CT molecular complexity index is 1360. The van der Waals surface area contributed by atoms with Crippen LogP contribution in [0.3, 0.4) is 0 Å². The molecule has 3 aromatic rings. The zero-order valence-electron chi connectivity index (χ0n) is 21.8. The van der Waals surface area contributed by atoms with Crippen LogP contribution in [-0.2, 0) is 27.3 Å². The summed E-state index contributed by atoms with van der Waals surface area (Å²) in [5, 5.41) is 17.7.